The number of aromatic nitrogens is 3. The number of hydrogen-bond donors (Lipinski definition) is 3. The van der Waals surface area contributed by atoms with Crippen molar-refractivity contribution in [1.29, 1.82) is 0 Å². The molecular formula is C17H26N4O3. The number of rotatable bonds is 7. The number of anilines is 1. The first-order chi connectivity index (χ1) is 11.5. The van der Waals surface area contributed by atoms with Crippen LogP contribution < -0.4 is 5.73 Å². The van der Waals surface area contributed by atoms with Gasteiger partial charge in [0, 0.05) is 24.3 Å². The number of nitrogens with two attached hydrogens (primary N) is 1. The molecule has 3 rings (SSSR count). The zero-order valence-electron chi connectivity index (χ0n) is 14.4. The molecule has 0 fully saturated rings. The van der Waals surface area contributed by atoms with E-state index in [0.717, 1.165) is 36.3 Å². The van der Waals surface area contributed by atoms with Crippen molar-refractivity contribution in [3.8, 4) is 0 Å². The Balaban J connectivity index is 2.19. The molecule has 2 aromatic rings. The Morgan fingerprint density at radius 1 is 1.25 bits per heavy atom. The van der Waals surface area contributed by atoms with Gasteiger partial charge < -0.3 is 25.3 Å². The lowest BCUT2D eigenvalue weighted by Gasteiger charge is -2.26. The smallest absolute Gasteiger partial charge is 0.151 e. The zero-order valence-corrected chi connectivity index (χ0v) is 14.4. The molecular weight excluding hydrogens is 308 g/mol. The van der Waals surface area contributed by atoms with Crippen LogP contribution in [0.4, 0.5) is 5.82 Å². The first-order valence-corrected chi connectivity index (χ1v) is 8.48. The standard InChI is InChI=1S/C17H26N4O3/c1-3-24-7-13-20-14-15(21(13)8-17(2,9-22)10-23)11-5-4-6-12(11)19-16(14)18/h22-23H,3-10H2,1-2H3,(H2,18,19). The highest BCUT2D eigenvalue weighted by Gasteiger charge is 2.29. The van der Waals surface area contributed by atoms with E-state index in [4.69, 9.17) is 10.5 Å². The van der Waals surface area contributed by atoms with Crippen LogP contribution >= 0.6 is 0 Å². The van der Waals surface area contributed by atoms with Crippen LogP contribution in [0.3, 0.4) is 0 Å². The van der Waals surface area contributed by atoms with Crippen molar-refractivity contribution in [1.82, 2.24) is 14.5 Å². The number of fused-ring (bicyclic) bond motifs is 3. The van der Waals surface area contributed by atoms with Gasteiger partial charge in [-0.05, 0) is 31.7 Å². The van der Waals surface area contributed by atoms with Gasteiger partial charge in [0.15, 0.2) is 5.82 Å². The SMILES string of the molecule is CCOCc1nc2c(N)nc3c(c2n1CC(C)(CO)CO)CCC3. The molecule has 0 amide bonds. The van der Waals surface area contributed by atoms with Crippen LogP contribution in [0.1, 0.15) is 37.4 Å². The lowest BCUT2D eigenvalue weighted by atomic mass is 9.92. The molecule has 0 radical (unpaired) electrons. The molecule has 0 aliphatic heterocycles. The van der Waals surface area contributed by atoms with Crippen LogP contribution in [0.2, 0.25) is 0 Å². The van der Waals surface area contributed by atoms with Crippen molar-refractivity contribution in [2.45, 2.75) is 46.3 Å². The highest BCUT2D eigenvalue weighted by Crippen LogP contribution is 2.34. The van der Waals surface area contributed by atoms with E-state index in [1.54, 1.807) is 0 Å². The monoisotopic (exact) mass is 334 g/mol. The first-order valence-electron chi connectivity index (χ1n) is 8.48. The molecule has 7 nitrogen and oxygen atoms in total. The van der Waals surface area contributed by atoms with Crippen LogP contribution in [0.15, 0.2) is 0 Å². The number of nitrogens with zero attached hydrogens (tertiary/aromatic N) is 3. The fourth-order valence-corrected chi connectivity index (χ4v) is 3.29. The molecule has 132 valence electrons. The maximum absolute atomic E-state index is 9.71. The number of nitrogen functional groups attached to an aromatic ring is 1. The van der Waals surface area contributed by atoms with Gasteiger partial charge in [-0.25, -0.2) is 9.97 Å². The Morgan fingerprint density at radius 2 is 2.00 bits per heavy atom. The number of hydrogen-bond acceptors (Lipinski definition) is 6. The van der Waals surface area contributed by atoms with Crippen molar-refractivity contribution >= 4 is 16.9 Å². The van der Waals surface area contributed by atoms with Crippen molar-refractivity contribution in [2.24, 2.45) is 5.41 Å². The molecule has 0 aromatic carbocycles. The highest BCUT2D eigenvalue weighted by molar-refractivity contribution is 5.89. The summed E-state index contributed by atoms with van der Waals surface area (Å²) in [4.78, 5) is 9.18. The number of pyridine rings is 1. The second-order valence-corrected chi connectivity index (χ2v) is 6.85. The lowest BCUT2D eigenvalue weighted by Crippen LogP contribution is -2.32. The Labute approximate surface area is 141 Å². The molecule has 0 unspecified atom stereocenters. The molecule has 2 aromatic heterocycles. The van der Waals surface area contributed by atoms with E-state index in [1.165, 1.54) is 5.56 Å². The first kappa shape index (κ1) is 17.1. The van der Waals surface area contributed by atoms with Crippen LogP contribution in [0.25, 0.3) is 11.0 Å². The maximum atomic E-state index is 9.71. The van der Waals surface area contributed by atoms with Gasteiger partial charge in [0.05, 0.1) is 18.7 Å². The fourth-order valence-electron chi connectivity index (χ4n) is 3.29. The van der Waals surface area contributed by atoms with Crippen LogP contribution in [0, 0.1) is 5.41 Å². The number of aliphatic hydroxyl groups excluding tert-OH is 2. The molecule has 1 aliphatic rings. The lowest BCUT2D eigenvalue weighted by molar-refractivity contribution is 0.0529. The molecule has 0 atom stereocenters. The Hall–Kier alpha value is -1.70. The van der Waals surface area contributed by atoms with Crippen molar-refractivity contribution < 1.29 is 14.9 Å². The van der Waals surface area contributed by atoms with Gasteiger partial charge in [0.25, 0.3) is 0 Å². The summed E-state index contributed by atoms with van der Waals surface area (Å²) in [6, 6.07) is 0. The van der Waals surface area contributed by atoms with Gasteiger partial charge in [-0.3, -0.25) is 0 Å². The molecule has 7 heteroatoms. The summed E-state index contributed by atoms with van der Waals surface area (Å²) in [6.45, 7) is 4.98. The quantitative estimate of drug-likeness (QED) is 0.698. The number of ether oxygens (including phenoxy) is 1. The predicted molar refractivity (Wildman–Crippen MR) is 91.6 cm³/mol. The van der Waals surface area contributed by atoms with E-state index in [0.29, 0.717) is 31.1 Å². The molecule has 0 saturated carbocycles. The third-order valence-electron chi connectivity index (χ3n) is 4.76. The molecule has 0 bridgehead atoms. The van der Waals surface area contributed by atoms with E-state index in [-0.39, 0.29) is 13.2 Å². The minimum atomic E-state index is -0.641. The number of aliphatic hydroxyl groups is 2. The predicted octanol–water partition coefficient (Wildman–Crippen LogP) is 1.03. The summed E-state index contributed by atoms with van der Waals surface area (Å²) >= 11 is 0. The number of imidazole rings is 1. The third kappa shape index (κ3) is 2.87. The summed E-state index contributed by atoms with van der Waals surface area (Å²) in [7, 11) is 0. The van der Waals surface area contributed by atoms with E-state index < -0.39 is 5.41 Å². The topological polar surface area (TPSA) is 106 Å². The highest BCUT2D eigenvalue weighted by atomic mass is 16.5. The largest absolute Gasteiger partial charge is 0.396 e. The minimum absolute atomic E-state index is 0.111. The average Bonchev–Trinajstić information content (AvgIpc) is 3.17. The average molecular weight is 334 g/mol. The third-order valence-corrected chi connectivity index (χ3v) is 4.76. The van der Waals surface area contributed by atoms with Gasteiger partial charge in [-0.15, -0.1) is 0 Å². The second-order valence-electron chi connectivity index (χ2n) is 6.85. The van der Waals surface area contributed by atoms with Gasteiger partial charge in [0.2, 0.25) is 0 Å². The van der Waals surface area contributed by atoms with Gasteiger partial charge in [-0.1, -0.05) is 6.92 Å². The summed E-state index contributed by atoms with van der Waals surface area (Å²) in [6.07, 6.45) is 2.94. The van der Waals surface area contributed by atoms with Crippen LogP contribution in [-0.4, -0.2) is 44.6 Å². The molecule has 2 heterocycles. The summed E-state index contributed by atoms with van der Waals surface area (Å²) in [5, 5.41) is 19.4. The van der Waals surface area contributed by atoms with Crippen molar-refractivity contribution in [2.75, 3.05) is 25.6 Å². The Bertz CT molecular complexity index is 737. The van der Waals surface area contributed by atoms with Gasteiger partial charge >= 0.3 is 0 Å². The summed E-state index contributed by atoms with van der Waals surface area (Å²) in [5.74, 6) is 1.20. The molecule has 1 aliphatic carbocycles. The normalized spacial score (nSPS) is 14.5. The van der Waals surface area contributed by atoms with E-state index in [9.17, 15) is 10.2 Å². The number of aryl methyl sites for hydroxylation is 2. The fraction of sp³-hybridized carbons (Fsp3) is 0.647. The van der Waals surface area contributed by atoms with E-state index in [1.807, 2.05) is 13.8 Å². The van der Waals surface area contributed by atoms with Crippen LogP contribution in [0.5, 0.6) is 0 Å². The van der Waals surface area contributed by atoms with Crippen molar-refractivity contribution in [3.63, 3.8) is 0 Å². The Kier molecular flexibility index (Phi) is 4.76. The molecule has 0 spiro atoms. The van der Waals surface area contributed by atoms with Crippen LogP contribution in [-0.2, 0) is 30.7 Å². The maximum Gasteiger partial charge on any atom is 0.151 e. The molecule has 4 N–H and O–H groups in total. The van der Waals surface area contributed by atoms with E-state index in [2.05, 4.69) is 14.5 Å². The Morgan fingerprint density at radius 3 is 2.67 bits per heavy atom. The summed E-state index contributed by atoms with van der Waals surface area (Å²) < 4.78 is 7.62. The summed E-state index contributed by atoms with van der Waals surface area (Å²) in [5.41, 5.74) is 9.41. The zero-order chi connectivity index (χ0) is 17.3. The van der Waals surface area contributed by atoms with Gasteiger partial charge in [-0.2, -0.15) is 0 Å². The minimum Gasteiger partial charge on any atom is -0.396 e. The van der Waals surface area contributed by atoms with E-state index >= 15 is 0 Å². The second kappa shape index (κ2) is 6.66. The molecule has 24 heavy (non-hydrogen) atoms. The van der Waals surface area contributed by atoms with Crippen molar-refractivity contribution in [3.05, 3.63) is 17.1 Å². The van der Waals surface area contributed by atoms with Gasteiger partial charge in [0.1, 0.15) is 17.9 Å². The molecule has 0 saturated heterocycles.